The van der Waals surface area contributed by atoms with Crippen molar-refractivity contribution in [1.82, 2.24) is 0 Å². The standard InChI is InChI=1S/C50H86NO8P/c1-6-8-10-12-14-16-18-20-22-24-25-27-29-31-33-35-37-39-41-43-50(53)59-48(47-58-60(54,55)57-45-44-51(3,4)5)46-56-49(52)42-40-38-36-34-32-30-28-26-23-21-19-17-15-13-11-9-7-2/h14,16,20-23,25,27-28,30-31,33-34,36,48H,6-13,15,17-19,24,26,29,32,35,37-47H2,1-5H3/p+1/b16-14+,22-20+,23-21+,27-25+,30-28+,33-31+,36-34+/t48-/m1/s1. The van der Waals surface area contributed by atoms with E-state index in [1.54, 1.807) is 0 Å². The van der Waals surface area contributed by atoms with Gasteiger partial charge in [0.15, 0.2) is 6.10 Å². The van der Waals surface area contributed by atoms with Gasteiger partial charge >= 0.3 is 19.8 Å². The van der Waals surface area contributed by atoms with Crippen molar-refractivity contribution < 1.29 is 42.1 Å². The van der Waals surface area contributed by atoms with E-state index in [9.17, 15) is 19.0 Å². The minimum Gasteiger partial charge on any atom is -0.462 e. The van der Waals surface area contributed by atoms with E-state index in [1.165, 1.54) is 64.2 Å². The summed E-state index contributed by atoms with van der Waals surface area (Å²) in [6.45, 7) is 4.27. The van der Waals surface area contributed by atoms with Crippen molar-refractivity contribution in [3.63, 3.8) is 0 Å². The van der Waals surface area contributed by atoms with E-state index in [-0.39, 0.29) is 26.1 Å². The number of hydrogen-bond acceptors (Lipinski definition) is 7. The fourth-order valence-corrected chi connectivity index (χ4v) is 6.46. The van der Waals surface area contributed by atoms with Gasteiger partial charge < -0.3 is 18.9 Å². The molecule has 0 aliphatic heterocycles. The predicted octanol–water partition coefficient (Wildman–Crippen LogP) is 13.6. The van der Waals surface area contributed by atoms with Gasteiger partial charge in [-0.3, -0.25) is 18.6 Å². The first-order valence-corrected chi connectivity index (χ1v) is 24.8. The van der Waals surface area contributed by atoms with Gasteiger partial charge in [0.2, 0.25) is 0 Å². The monoisotopic (exact) mass is 861 g/mol. The maximum atomic E-state index is 12.7. The molecule has 0 rings (SSSR count). The number of esters is 2. The Kier molecular flexibility index (Phi) is 39.6. The van der Waals surface area contributed by atoms with Crippen LogP contribution in [0.3, 0.4) is 0 Å². The molecule has 0 heterocycles. The third-order valence-corrected chi connectivity index (χ3v) is 10.4. The lowest BCUT2D eigenvalue weighted by Gasteiger charge is -2.24. The summed E-state index contributed by atoms with van der Waals surface area (Å²) in [5.41, 5.74) is 0. The summed E-state index contributed by atoms with van der Waals surface area (Å²) in [6, 6.07) is 0. The molecule has 0 aliphatic rings. The molecule has 0 aromatic carbocycles. The lowest BCUT2D eigenvalue weighted by atomic mass is 10.1. The van der Waals surface area contributed by atoms with Crippen LogP contribution < -0.4 is 0 Å². The van der Waals surface area contributed by atoms with Crippen molar-refractivity contribution in [2.24, 2.45) is 0 Å². The van der Waals surface area contributed by atoms with E-state index >= 15 is 0 Å². The molecule has 344 valence electrons. The molecule has 1 unspecified atom stereocenters. The summed E-state index contributed by atoms with van der Waals surface area (Å²) in [6.07, 6.45) is 53.5. The van der Waals surface area contributed by atoms with E-state index in [0.29, 0.717) is 23.9 Å². The Hall–Kier alpha value is -2.81. The van der Waals surface area contributed by atoms with Crippen molar-refractivity contribution >= 4 is 19.8 Å². The van der Waals surface area contributed by atoms with Crippen LogP contribution in [0, 0.1) is 0 Å². The van der Waals surface area contributed by atoms with Crippen molar-refractivity contribution in [3.8, 4) is 0 Å². The van der Waals surface area contributed by atoms with Crippen LogP contribution in [-0.2, 0) is 32.7 Å². The second kappa shape index (κ2) is 41.5. The average molecular weight is 861 g/mol. The number of quaternary nitrogens is 1. The third-order valence-electron chi connectivity index (χ3n) is 9.40. The van der Waals surface area contributed by atoms with Crippen molar-refractivity contribution in [2.75, 3.05) is 47.5 Å². The summed E-state index contributed by atoms with van der Waals surface area (Å²) in [7, 11) is 1.41. The third kappa shape index (κ3) is 44.7. The number of hydrogen-bond donors (Lipinski definition) is 1. The molecule has 0 bridgehead atoms. The Balaban J connectivity index is 4.50. The average Bonchev–Trinajstić information content (AvgIpc) is 3.20. The highest BCUT2D eigenvalue weighted by Crippen LogP contribution is 2.43. The number of rotatable bonds is 41. The Morgan fingerprint density at radius 2 is 0.917 bits per heavy atom. The van der Waals surface area contributed by atoms with Gasteiger partial charge in [-0.1, -0.05) is 150 Å². The Labute approximate surface area is 367 Å². The van der Waals surface area contributed by atoms with Gasteiger partial charge in [0.05, 0.1) is 27.7 Å². The molecule has 0 amide bonds. The van der Waals surface area contributed by atoms with E-state index in [4.69, 9.17) is 18.5 Å². The summed E-state index contributed by atoms with van der Waals surface area (Å²) >= 11 is 0. The lowest BCUT2D eigenvalue weighted by molar-refractivity contribution is -0.870. The van der Waals surface area contributed by atoms with Crippen LogP contribution in [0.15, 0.2) is 85.1 Å². The molecule has 2 atom stereocenters. The van der Waals surface area contributed by atoms with Gasteiger partial charge in [-0.15, -0.1) is 0 Å². The quantitative estimate of drug-likeness (QED) is 0.0213. The summed E-state index contributed by atoms with van der Waals surface area (Å²) < 4.78 is 34.3. The normalized spacial score (nSPS) is 14.3. The molecule has 0 aromatic rings. The molecule has 0 saturated carbocycles. The molecule has 0 aromatic heterocycles. The SMILES string of the molecule is CCCCC/C=C/C/C=C/C/C=C/C/C=C/CCCCCC(=O)O[C@H](COC(=O)CCC/C=C/C/C=C/C/C=C/CCCCCCCC)COP(=O)(O)OCC[N+](C)(C)C. The molecule has 10 heteroatoms. The van der Waals surface area contributed by atoms with Crippen LogP contribution in [0.1, 0.15) is 168 Å². The molecule has 1 N–H and O–H groups in total. The van der Waals surface area contributed by atoms with E-state index in [1.807, 2.05) is 21.1 Å². The number of carbonyl (C=O) groups is 2. The number of allylic oxidation sites excluding steroid dienone is 14. The van der Waals surface area contributed by atoms with Crippen molar-refractivity contribution in [2.45, 2.75) is 174 Å². The highest BCUT2D eigenvalue weighted by atomic mass is 31.2. The maximum Gasteiger partial charge on any atom is 0.472 e. The molecule has 0 aliphatic carbocycles. The van der Waals surface area contributed by atoms with Crippen molar-refractivity contribution in [1.29, 1.82) is 0 Å². The fourth-order valence-electron chi connectivity index (χ4n) is 5.72. The number of nitrogens with zero attached hydrogens (tertiary/aromatic N) is 1. The van der Waals surface area contributed by atoms with Crippen LogP contribution >= 0.6 is 7.82 Å². The van der Waals surface area contributed by atoms with Gasteiger partial charge in [-0.05, 0) is 89.9 Å². The maximum absolute atomic E-state index is 12.7. The number of unbranched alkanes of at least 4 members (excludes halogenated alkanes) is 13. The number of phosphoric acid groups is 1. The molecular formula is C50H87NO8P+. The van der Waals surface area contributed by atoms with Gasteiger partial charge in [-0.25, -0.2) is 4.57 Å². The molecule has 0 radical (unpaired) electrons. The van der Waals surface area contributed by atoms with Gasteiger partial charge in [0.25, 0.3) is 0 Å². The second-order valence-electron chi connectivity index (χ2n) is 16.4. The van der Waals surface area contributed by atoms with Gasteiger partial charge in [0, 0.05) is 12.8 Å². The number of likely N-dealkylation sites (N-methyl/N-ethyl adjacent to an activating group) is 1. The molecule has 60 heavy (non-hydrogen) atoms. The molecule has 0 fully saturated rings. The summed E-state index contributed by atoms with van der Waals surface area (Å²) in [4.78, 5) is 35.4. The van der Waals surface area contributed by atoms with Gasteiger partial charge in [0.1, 0.15) is 19.8 Å². The van der Waals surface area contributed by atoms with E-state index in [0.717, 1.165) is 64.2 Å². The highest BCUT2D eigenvalue weighted by molar-refractivity contribution is 7.47. The highest BCUT2D eigenvalue weighted by Gasteiger charge is 2.27. The molecular weight excluding hydrogens is 774 g/mol. The molecule has 0 saturated heterocycles. The second-order valence-corrected chi connectivity index (χ2v) is 17.9. The Morgan fingerprint density at radius 1 is 0.517 bits per heavy atom. The minimum atomic E-state index is -4.40. The van der Waals surface area contributed by atoms with Crippen LogP contribution in [-0.4, -0.2) is 74.9 Å². The largest absolute Gasteiger partial charge is 0.472 e. The van der Waals surface area contributed by atoms with E-state index < -0.39 is 32.5 Å². The first-order chi connectivity index (χ1) is 29.0. The van der Waals surface area contributed by atoms with Gasteiger partial charge in [-0.2, -0.15) is 0 Å². The smallest absolute Gasteiger partial charge is 0.462 e. The first-order valence-electron chi connectivity index (χ1n) is 23.3. The summed E-state index contributed by atoms with van der Waals surface area (Å²) in [5.74, 6) is -0.903. The number of carbonyl (C=O) groups excluding carboxylic acids is 2. The zero-order valence-electron chi connectivity index (χ0n) is 38.7. The van der Waals surface area contributed by atoms with Crippen molar-refractivity contribution in [3.05, 3.63) is 85.1 Å². The van der Waals surface area contributed by atoms with Crippen LogP contribution in [0.5, 0.6) is 0 Å². The predicted molar refractivity (Wildman–Crippen MR) is 252 cm³/mol. The topological polar surface area (TPSA) is 108 Å². The number of phosphoric ester groups is 1. The zero-order valence-corrected chi connectivity index (χ0v) is 39.6. The fraction of sp³-hybridized carbons (Fsp3) is 0.680. The van der Waals surface area contributed by atoms with Crippen LogP contribution in [0.25, 0.3) is 0 Å². The Morgan fingerprint density at radius 3 is 1.42 bits per heavy atom. The molecule has 9 nitrogen and oxygen atoms in total. The lowest BCUT2D eigenvalue weighted by Crippen LogP contribution is -2.37. The molecule has 0 spiro atoms. The summed E-state index contributed by atoms with van der Waals surface area (Å²) in [5, 5.41) is 0. The Bertz CT molecular complexity index is 1290. The number of ether oxygens (including phenoxy) is 2. The first kappa shape index (κ1) is 57.2. The van der Waals surface area contributed by atoms with E-state index in [2.05, 4.69) is 98.9 Å². The van der Waals surface area contributed by atoms with Crippen LogP contribution in [0.2, 0.25) is 0 Å². The van der Waals surface area contributed by atoms with Crippen LogP contribution in [0.4, 0.5) is 0 Å². The minimum absolute atomic E-state index is 0.0131. The zero-order chi connectivity index (χ0) is 44.3.